The van der Waals surface area contributed by atoms with Gasteiger partial charge in [0.05, 0.1) is 6.10 Å². The molecule has 1 fully saturated rings. The second kappa shape index (κ2) is 7.46. The van der Waals surface area contributed by atoms with Crippen molar-refractivity contribution in [2.24, 2.45) is 0 Å². The van der Waals surface area contributed by atoms with E-state index in [1.165, 1.54) is 25.0 Å². The third-order valence-corrected chi connectivity index (χ3v) is 3.53. The van der Waals surface area contributed by atoms with E-state index in [-0.39, 0.29) is 5.82 Å². The molecule has 4 heteroatoms. The first-order valence-corrected chi connectivity index (χ1v) is 7.12. The van der Waals surface area contributed by atoms with Crippen LogP contribution in [0.4, 0.5) is 10.1 Å². The first-order valence-electron chi connectivity index (χ1n) is 7.12. The zero-order valence-electron chi connectivity index (χ0n) is 11.6. The summed E-state index contributed by atoms with van der Waals surface area (Å²) in [6, 6.07) is 6.69. The molecule has 106 valence electrons. The molecular formula is C15H23FN2O. The summed E-state index contributed by atoms with van der Waals surface area (Å²) in [6.07, 6.45) is 2.74. The fourth-order valence-corrected chi connectivity index (χ4v) is 2.40. The number of nitrogens with zero attached hydrogens (tertiary/aromatic N) is 1. The average molecular weight is 266 g/mol. The molecule has 1 unspecified atom stereocenters. The Labute approximate surface area is 114 Å². The van der Waals surface area contributed by atoms with E-state index in [1.807, 2.05) is 12.1 Å². The van der Waals surface area contributed by atoms with Gasteiger partial charge in [-0.15, -0.1) is 0 Å². The maximum atomic E-state index is 12.9. The van der Waals surface area contributed by atoms with Crippen LogP contribution in [0.25, 0.3) is 0 Å². The molecule has 0 saturated carbocycles. The van der Waals surface area contributed by atoms with Crippen LogP contribution in [0.3, 0.4) is 0 Å². The normalized spacial score (nSPS) is 18.7. The Morgan fingerprint density at radius 2 is 2.16 bits per heavy atom. The molecule has 1 saturated heterocycles. The summed E-state index contributed by atoms with van der Waals surface area (Å²) in [7, 11) is 0. The minimum absolute atomic E-state index is 0.184. The van der Waals surface area contributed by atoms with E-state index >= 15 is 0 Å². The van der Waals surface area contributed by atoms with Crippen LogP contribution in [0.2, 0.25) is 0 Å². The van der Waals surface area contributed by atoms with Crippen LogP contribution in [-0.4, -0.2) is 38.9 Å². The highest BCUT2D eigenvalue weighted by molar-refractivity contribution is 5.46. The van der Waals surface area contributed by atoms with Gasteiger partial charge in [0.25, 0.3) is 0 Å². The Kier molecular flexibility index (Phi) is 5.61. The van der Waals surface area contributed by atoms with E-state index in [4.69, 9.17) is 4.74 Å². The van der Waals surface area contributed by atoms with E-state index < -0.39 is 0 Å². The molecule has 1 atom stereocenters. The minimum Gasteiger partial charge on any atom is -0.377 e. The van der Waals surface area contributed by atoms with Gasteiger partial charge in [0.2, 0.25) is 0 Å². The van der Waals surface area contributed by atoms with Crippen LogP contribution in [0.1, 0.15) is 19.8 Å². The Bertz CT molecular complexity index is 363. The summed E-state index contributed by atoms with van der Waals surface area (Å²) in [6.45, 7) is 6.72. The van der Waals surface area contributed by atoms with Gasteiger partial charge in [-0.25, -0.2) is 4.39 Å². The standard InChI is InChI=1S/C15H23FN2O/c1-2-18(14-7-5-13(16)6-8-14)10-9-17-12-15-4-3-11-19-15/h5-8,15,17H,2-4,9-12H2,1H3. The Morgan fingerprint density at radius 1 is 1.37 bits per heavy atom. The molecule has 1 aromatic carbocycles. The van der Waals surface area contributed by atoms with Gasteiger partial charge in [-0.1, -0.05) is 0 Å². The lowest BCUT2D eigenvalue weighted by molar-refractivity contribution is 0.110. The molecule has 1 heterocycles. The Balaban J connectivity index is 1.71. The van der Waals surface area contributed by atoms with Gasteiger partial charge in [0.1, 0.15) is 5.82 Å². The van der Waals surface area contributed by atoms with Gasteiger partial charge in [0.15, 0.2) is 0 Å². The van der Waals surface area contributed by atoms with Gasteiger partial charge in [-0.3, -0.25) is 0 Å². The Morgan fingerprint density at radius 3 is 2.79 bits per heavy atom. The lowest BCUT2D eigenvalue weighted by Gasteiger charge is -2.23. The topological polar surface area (TPSA) is 24.5 Å². The van der Waals surface area contributed by atoms with Crippen molar-refractivity contribution >= 4 is 5.69 Å². The number of benzene rings is 1. The summed E-state index contributed by atoms with van der Waals surface area (Å²) in [5, 5.41) is 3.43. The highest BCUT2D eigenvalue weighted by Gasteiger charge is 2.14. The molecule has 1 aromatic rings. The summed E-state index contributed by atoms with van der Waals surface area (Å²) in [4.78, 5) is 2.24. The minimum atomic E-state index is -0.184. The van der Waals surface area contributed by atoms with Gasteiger partial charge < -0.3 is 15.0 Å². The van der Waals surface area contributed by atoms with Crippen LogP contribution in [0, 0.1) is 5.82 Å². The van der Waals surface area contributed by atoms with Gasteiger partial charge >= 0.3 is 0 Å². The quantitative estimate of drug-likeness (QED) is 0.767. The molecule has 1 aliphatic rings. The Hall–Kier alpha value is -1.13. The van der Waals surface area contributed by atoms with Crippen molar-refractivity contribution in [2.75, 3.05) is 37.7 Å². The van der Waals surface area contributed by atoms with Crippen LogP contribution in [-0.2, 0) is 4.74 Å². The number of likely N-dealkylation sites (N-methyl/N-ethyl adjacent to an activating group) is 1. The maximum absolute atomic E-state index is 12.9. The highest BCUT2D eigenvalue weighted by Crippen LogP contribution is 2.14. The number of ether oxygens (including phenoxy) is 1. The van der Waals surface area contributed by atoms with E-state index in [1.54, 1.807) is 0 Å². The van der Waals surface area contributed by atoms with Crippen molar-refractivity contribution in [1.82, 2.24) is 5.32 Å². The fraction of sp³-hybridized carbons (Fsp3) is 0.600. The van der Waals surface area contributed by atoms with Crippen molar-refractivity contribution in [1.29, 1.82) is 0 Å². The molecule has 0 aromatic heterocycles. The maximum Gasteiger partial charge on any atom is 0.123 e. The van der Waals surface area contributed by atoms with Crippen molar-refractivity contribution in [2.45, 2.75) is 25.9 Å². The molecular weight excluding hydrogens is 243 g/mol. The third-order valence-electron chi connectivity index (χ3n) is 3.53. The van der Waals surface area contributed by atoms with Gasteiger partial charge in [0, 0.05) is 38.5 Å². The smallest absolute Gasteiger partial charge is 0.123 e. The summed E-state index contributed by atoms with van der Waals surface area (Å²) < 4.78 is 18.5. The third kappa shape index (κ3) is 4.48. The molecule has 0 bridgehead atoms. The largest absolute Gasteiger partial charge is 0.377 e. The molecule has 3 nitrogen and oxygen atoms in total. The van der Waals surface area contributed by atoms with Crippen LogP contribution >= 0.6 is 0 Å². The fourth-order valence-electron chi connectivity index (χ4n) is 2.40. The van der Waals surface area contributed by atoms with Crippen molar-refractivity contribution in [3.8, 4) is 0 Å². The second-order valence-corrected chi connectivity index (χ2v) is 4.90. The molecule has 1 N–H and O–H groups in total. The zero-order chi connectivity index (χ0) is 13.5. The van der Waals surface area contributed by atoms with E-state index in [9.17, 15) is 4.39 Å². The molecule has 2 rings (SSSR count). The van der Waals surface area contributed by atoms with Crippen molar-refractivity contribution in [3.63, 3.8) is 0 Å². The summed E-state index contributed by atoms with van der Waals surface area (Å²) >= 11 is 0. The molecule has 1 aliphatic heterocycles. The summed E-state index contributed by atoms with van der Waals surface area (Å²) in [5.74, 6) is -0.184. The lowest BCUT2D eigenvalue weighted by Crippen LogP contribution is -2.35. The van der Waals surface area contributed by atoms with Gasteiger partial charge in [-0.2, -0.15) is 0 Å². The SMILES string of the molecule is CCN(CCNCC1CCCO1)c1ccc(F)cc1. The number of halogens is 1. The molecule has 19 heavy (non-hydrogen) atoms. The molecule has 0 amide bonds. The van der Waals surface area contributed by atoms with Crippen molar-refractivity contribution < 1.29 is 9.13 Å². The molecule has 0 spiro atoms. The number of hydrogen-bond donors (Lipinski definition) is 1. The zero-order valence-corrected chi connectivity index (χ0v) is 11.6. The monoisotopic (exact) mass is 266 g/mol. The molecule has 0 aliphatic carbocycles. The number of rotatable bonds is 7. The highest BCUT2D eigenvalue weighted by atomic mass is 19.1. The predicted octanol–water partition coefficient (Wildman–Crippen LogP) is 2.42. The van der Waals surface area contributed by atoms with Crippen molar-refractivity contribution in [3.05, 3.63) is 30.1 Å². The van der Waals surface area contributed by atoms with Crippen LogP contribution in [0.15, 0.2) is 24.3 Å². The first kappa shape index (κ1) is 14.3. The summed E-state index contributed by atoms with van der Waals surface area (Å²) in [5.41, 5.74) is 1.07. The van der Waals surface area contributed by atoms with Crippen LogP contribution < -0.4 is 10.2 Å². The predicted molar refractivity (Wildman–Crippen MR) is 76.1 cm³/mol. The number of hydrogen-bond acceptors (Lipinski definition) is 3. The number of anilines is 1. The number of nitrogens with one attached hydrogen (secondary N) is 1. The van der Waals surface area contributed by atoms with Crippen LogP contribution in [0.5, 0.6) is 0 Å². The first-order chi connectivity index (χ1) is 9.29. The van der Waals surface area contributed by atoms with Gasteiger partial charge in [-0.05, 0) is 44.0 Å². The van der Waals surface area contributed by atoms with E-state index in [2.05, 4.69) is 17.1 Å². The van der Waals surface area contributed by atoms with E-state index in [0.29, 0.717) is 6.10 Å². The second-order valence-electron chi connectivity index (χ2n) is 4.90. The lowest BCUT2D eigenvalue weighted by atomic mass is 10.2. The molecule has 0 radical (unpaired) electrons. The van der Waals surface area contributed by atoms with E-state index in [0.717, 1.165) is 38.5 Å². The average Bonchev–Trinajstić information content (AvgIpc) is 2.93.